The van der Waals surface area contributed by atoms with Crippen molar-refractivity contribution in [2.75, 3.05) is 0 Å². The number of pyridine rings is 1. The first kappa shape index (κ1) is 25.0. The van der Waals surface area contributed by atoms with E-state index in [1.165, 1.54) is 86.5 Å². The molecular formula is C45H26N2. The lowest BCUT2D eigenvalue weighted by atomic mass is 9.86. The third-order valence-corrected chi connectivity index (χ3v) is 10.3. The fourth-order valence-electron chi connectivity index (χ4n) is 8.28. The molecule has 47 heavy (non-hydrogen) atoms. The van der Waals surface area contributed by atoms with E-state index in [4.69, 9.17) is 4.98 Å². The predicted octanol–water partition coefficient (Wildman–Crippen LogP) is 12.2. The molecule has 0 radical (unpaired) electrons. The highest BCUT2D eigenvalue weighted by Crippen LogP contribution is 2.45. The molecule has 0 saturated heterocycles. The molecule has 0 saturated carbocycles. The average Bonchev–Trinajstić information content (AvgIpc) is 3.56. The minimum absolute atomic E-state index is 0.952. The van der Waals surface area contributed by atoms with Gasteiger partial charge in [0, 0.05) is 18.0 Å². The quantitative estimate of drug-likeness (QED) is 0.182. The summed E-state index contributed by atoms with van der Waals surface area (Å²) in [5, 5.41) is 18.0. The van der Waals surface area contributed by atoms with Crippen molar-refractivity contribution in [2.24, 2.45) is 0 Å². The first-order valence-corrected chi connectivity index (χ1v) is 16.2. The second kappa shape index (κ2) is 9.15. The van der Waals surface area contributed by atoms with Crippen molar-refractivity contribution in [3.05, 3.63) is 158 Å². The molecule has 2 nitrogen and oxygen atoms in total. The topological polar surface area (TPSA) is 17.3 Å². The first-order chi connectivity index (χ1) is 23.3. The second-order valence-electron chi connectivity index (χ2n) is 12.8. The number of hydrogen-bond acceptors (Lipinski definition) is 1. The summed E-state index contributed by atoms with van der Waals surface area (Å²) < 4.78 is 2.09. The summed E-state index contributed by atoms with van der Waals surface area (Å²) in [6, 6.07) is 53.8. The van der Waals surface area contributed by atoms with E-state index in [-0.39, 0.29) is 0 Å². The van der Waals surface area contributed by atoms with Crippen LogP contribution in [0.15, 0.2) is 158 Å². The second-order valence-corrected chi connectivity index (χ2v) is 12.8. The number of nitrogens with zero attached hydrogens (tertiary/aromatic N) is 2. The number of hydrogen-bond donors (Lipinski definition) is 0. The van der Waals surface area contributed by atoms with Gasteiger partial charge in [0.1, 0.15) is 5.65 Å². The van der Waals surface area contributed by atoms with Gasteiger partial charge in [0.15, 0.2) is 0 Å². The van der Waals surface area contributed by atoms with Gasteiger partial charge < -0.3 is 4.40 Å². The molecule has 0 aliphatic rings. The van der Waals surface area contributed by atoms with Crippen LogP contribution in [0.4, 0.5) is 0 Å². The molecule has 0 atom stereocenters. The molecule has 0 fully saturated rings. The van der Waals surface area contributed by atoms with Crippen molar-refractivity contribution in [3.8, 4) is 22.4 Å². The molecule has 0 unspecified atom stereocenters. The Bertz CT molecular complexity index is 3030. The number of aromatic nitrogens is 2. The predicted molar refractivity (Wildman–Crippen MR) is 200 cm³/mol. The Morgan fingerprint density at radius 2 is 0.915 bits per heavy atom. The SMILES string of the molecule is c1ccc2c(-c3cn4ccccc4n3)ccc(-c3cc4ccc5cccc6c7cccc8ccc9cccc(c(c3)c4c56)c9c87)c2c1. The Kier molecular flexibility index (Phi) is 4.87. The number of benzene rings is 8. The summed E-state index contributed by atoms with van der Waals surface area (Å²) in [5.74, 6) is 0. The molecule has 2 heterocycles. The van der Waals surface area contributed by atoms with Crippen molar-refractivity contribution in [1.29, 1.82) is 0 Å². The lowest BCUT2D eigenvalue weighted by molar-refractivity contribution is 1.19. The molecule has 0 aliphatic heterocycles. The maximum Gasteiger partial charge on any atom is 0.137 e. The van der Waals surface area contributed by atoms with Crippen LogP contribution in [0.1, 0.15) is 0 Å². The molecule has 0 spiro atoms. The highest BCUT2D eigenvalue weighted by molar-refractivity contribution is 6.37. The van der Waals surface area contributed by atoms with Crippen molar-refractivity contribution in [2.45, 2.75) is 0 Å². The summed E-state index contributed by atoms with van der Waals surface area (Å²) >= 11 is 0. The molecule has 9 aromatic carbocycles. The number of fused-ring (bicyclic) bond motifs is 4. The molecule has 2 heteroatoms. The minimum atomic E-state index is 0.952. The van der Waals surface area contributed by atoms with Crippen molar-refractivity contribution in [3.63, 3.8) is 0 Å². The molecule has 11 rings (SSSR count). The van der Waals surface area contributed by atoms with Crippen LogP contribution in [0.2, 0.25) is 0 Å². The third kappa shape index (κ3) is 3.42. The smallest absolute Gasteiger partial charge is 0.137 e. The number of imidazole rings is 1. The zero-order valence-corrected chi connectivity index (χ0v) is 25.4. The molecule has 0 N–H and O–H groups in total. The molecule has 0 amide bonds. The van der Waals surface area contributed by atoms with E-state index in [0.29, 0.717) is 0 Å². The highest BCUT2D eigenvalue weighted by Gasteiger charge is 2.18. The van der Waals surface area contributed by atoms with Gasteiger partial charge >= 0.3 is 0 Å². The Balaban J connectivity index is 1.30. The van der Waals surface area contributed by atoms with Crippen LogP contribution in [-0.4, -0.2) is 9.38 Å². The van der Waals surface area contributed by atoms with Crippen molar-refractivity contribution in [1.82, 2.24) is 9.38 Å². The Hall–Kier alpha value is -6.25. The Morgan fingerprint density at radius 3 is 1.57 bits per heavy atom. The summed E-state index contributed by atoms with van der Waals surface area (Å²) in [7, 11) is 0. The van der Waals surface area contributed by atoms with E-state index in [9.17, 15) is 0 Å². The van der Waals surface area contributed by atoms with E-state index in [0.717, 1.165) is 16.9 Å². The van der Waals surface area contributed by atoms with Gasteiger partial charge in [-0.2, -0.15) is 0 Å². The third-order valence-electron chi connectivity index (χ3n) is 10.3. The van der Waals surface area contributed by atoms with Crippen molar-refractivity contribution < 1.29 is 0 Å². The molecule has 11 aromatic rings. The van der Waals surface area contributed by atoms with E-state index in [2.05, 4.69) is 150 Å². The Morgan fingerprint density at radius 1 is 0.383 bits per heavy atom. The summed E-state index contributed by atoms with van der Waals surface area (Å²) in [6.45, 7) is 0. The normalized spacial score (nSPS) is 12.3. The highest BCUT2D eigenvalue weighted by atomic mass is 15.0. The van der Waals surface area contributed by atoms with Gasteiger partial charge in [-0.3, -0.25) is 0 Å². The molecular weight excluding hydrogens is 569 g/mol. The van der Waals surface area contributed by atoms with Gasteiger partial charge in [-0.05, 0) is 111 Å². The largest absolute Gasteiger partial charge is 0.306 e. The fraction of sp³-hybridized carbons (Fsp3) is 0. The zero-order valence-electron chi connectivity index (χ0n) is 25.4. The van der Waals surface area contributed by atoms with E-state index in [1.807, 2.05) is 12.1 Å². The zero-order chi connectivity index (χ0) is 30.6. The lowest BCUT2D eigenvalue weighted by Gasteiger charge is -2.17. The fourth-order valence-corrected chi connectivity index (χ4v) is 8.28. The van der Waals surface area contributed by atoms with E-state index >= 15 is 0 Å². The first-order valence-electron chi connectivity index (χ1n) is 16.2. The van der Waals surface area contributed by atoms with Gasteiger partial charge in [0.05, 0.1) is 5.69 Å². The minimum Gasteiger partial charge on any atom is -0.306 e. The molecule has 0 aliphatic carbocycles. The molecule has 2 aromatic heterocycles. The van der Waals surface area contributed by atoms with Crippen LogP contribution in [0.3, 0.4) is 0 Å². The van der Waals surface area contributed by atoms with E-state index in [1.54, 1.807) is 0 Å². The maximum absolute atomic E-state index is 4.98. The van der Waals surface area contributed by atoms with Crippen LogP contribution in [0, 0.1) is 0 Å². The summed E-state index contributed by atoms with van der Waals surface area (Å²) in [4.78, 5) is 4.98. The maximum atomic E-state index is 4.98. The monoisotopic (exact) mass is 594 g/mol. The van der Waals surface area contributed by atoms with Gasteiger partial charge in [-0.25, -0.2) is 4.98 Å². The van der Waals surface area contributed by atoms with Crippen LogP contribution >= 0.6 is 0 Å². The van der Waals surface area contributed by atoms with Crippen LogP contribution in [0.25, 0.3) is 103 Å². The van der Waals surface area contributed by atoms with Crippen LogP contribution in [0.5, 0.6) is 0 Å². The lowest BCUT2D eigenvalue weighted by Crippen LogP contribution is -1.90. The summed E-state index contributed by atoms with van der Waals surface area (Å²) in [5.41, 5.74) is 5.53. The van der Waals surface area contributed by atoms with Crippen molar-refractivity contribution >= 4 is 81.1 Å². The van der Waals surface area contributed by atoms with E-state index < -0.39 is 0 Å². The molecule has 216 valence electrons. The standard InChI is InChI=1S/C45H26N2/c1-2-12-34-33(11-1)32(21-22-35(34)40-26-47-23-4-3-16-41(47)46-40)31-24-30-20-19-29-9-6-14-37-36-13-5-8-27-17-18-28-10-7-15-38(44(28)42(27)36)39(25-31)45(30)43(29)37/h1-26H. The summed E-state index contributed by atoms with van der Waals surface area (Å²) in [6.07, 6.45) is 4.19. The Labute approximate surface area is 270 Å². The van der Waals surface area contributed by atoms with Crippen LogP contribution in [-0.2, 0) is 0 Å². The average molecular weight is 595 g/mol. The number of rotatable bonds is 2. The molecule has 0 bridgehead atoms. The van der Waals surface area contributed by atoms with Crippen LogP contribution < -0.4 is 0 Å². The van der Waals surface area contributed by atoms with Gasteiger partial charge in [0.2, 0.25) is 0 Å². The van der Waals surface area contributed by atoms with Gasteiger partial charge in [-0.1, -0.05) is 121 Å². The van der Waals surface area contributed by atoms with Gasteiger partial charge in [-0.15, -0.1) is 0 Å². The van der Waals surface area contributed by atoms with Gasteiger partial charge in [0.25, 0.3) is 0 Å².